The minimum absolute atomic E-state index is 0.0862. The van der Waals surface area contributed by atoms with Crippen LogP contribution in [0.3, 0.4) is 0 Å². The summed E-state index contributed by atoms with van der Waals surface area (Å²) < 4.78 is 11.3. The maximum atomic E-state index is 5.89. The molecule has 1 aliphatic heterocycles. The molecule has 0 amide bonds. The summed E-state index contributed by atoms with van der Waals surface area (Å²) in [6.07, 6.45) is 1.15. The molecule has 112 valence electrons. The van der Waals surface area contributed by atoms with E-state index in [0.29, 0.717) is 6.61 Å². The van der Waals surface area contributed by atoms with Crippen molar-refractivity contribution in [3.63, 3.8) is 0 Å². The van der Waals surface area contributed by atoms with Crippen molar-refractivity contribution in [1.82, 2.24) is 4.90 Å². The highest BCUT2D eigenvalue weighted by Gasteiger charge is 2.22. The summed E-state index contributed by atoms with van der Waals surface area (Å²) in [4.78, 5) is 2.39. The zero-order valence-corrected chi connectivity index (χ0v) is 12.7. The Kier molecular flexibility index (Phi) is 6.10. The largest absolute Gasteiger partial charge is 0.494 e. The number of nitrogens with zero attached hydrogens (tertiary/aromatic N) is 1. The smallest absolute Gasteiger partial charge is 0.119 e. The quantitative estimate of drug-likeness (QED) is 0.818. The summed E-state index contributed by atoms with van der Waals surface area (Å²) >= 11 is 5.83. The highest BCUT2D eigenvalue weighted by atomic mass is 35.5. The molecule has 0 saturated carbocycles. The summed E-state index contributed by atoms with van der Waals surface area (Å²) in [6, 6.07) is 7.55. The number of halogens is 1. The van der Waals surface area contributed by atoms with Crippen molar-refractivity contribution in [2.75, 3.05) is 32.8 Å². The van der Waals surface area contributed by atoms with Gasteiger partial charge < -0.3 is 15.2 Å². The lowest BCUT2D eigenvalue weighted by molar-refractivity contribution is -0.0385. The Morgan fingerprint density at radius 3 is 2.90 bits per heavy atom. The fourth-order valence-electron chi connectivity index (χ4n) is 2.26. The first-order valence-electron chi connectivity index (χ1n) is 7.13. The second kappa shape index (κ2) is 7.84. The highest BCUT2D eigenvalue weighted by molar-refractivity contribution is 6.30. The number of ether oxygens (including phenoxy) is 2. The van der Waals surface area contributed by atoms with Crippen LogP contribution in [0.4, 0.5) is 0 Å². The van der Waals surface area contributed by atoms with Gasteiger partial charge in [-0.05, 0) is 37.6 Å². The van der Waals surface area contributed by atoms with E-state index in [0.717, 1.165) is 43.4 Å². The zero-order valence-electron chi connectivity index (χ0n) is 11.9. The van der Waals surface area contributed by atoms with Crippen LogP contribution in [0.25, 0.3) is 0 Å². The molecule has 0 bridgehead atoms. The number of morpholine rings is 1. The second-order valence-corrected chi connectivity index (χ2v) is 5.66. The zero-order chi connectivity index (χ0) is 14.4. The van der Waals surface area contributed by atoms with Crippen LogP contribution in [0, 0.1) is 0 Å². The van der Waals surface area contributed by atoms with Gasteiger partial charge in [-0.25, -0.2) is 0 Å². The van der Waals surface area contributed by atoms with Crippen molar-refractivity contribution < 1.29 is 9.47 Å². The van der Waals surface area contributed by atoms with E-state index in [-0.39, 0.29) is 12.1 Å². The van der Waals surface area contributed by atoms with Crippen LogP contribution in [-0.4, -0.2) is 49.9 Å². The fraction of sp³-hybridized carbons (Fsp3) is 0.600. The van der Waals surface area contributed by atoms with Crippen LogP contribution in [-0.2, 0) is 4.74 Å². The predicted molar refractivity (Wildman–Crippen MR) is 81.4 cm³/mol. The molecule has 1 heterocycles. The van der Waals surface area contributed by atoms with Crippen LogP contribution < -0.4 is 10.5 Å². The van der Waals surface area contributed by atoms with E-state index in [1.807, 2.05) is 31.2 Å². The van der Waals surface area contributed by atoms with E-state index < -0.39 is 0 Å². The number of nitrogens with two attached hydrogens (primary N) is 1. The average molecular weight is 299 g/mol. The lowest BCUT2D eigenvalue weighted by Crippen LogP contribution is -2.49. The SMILES string of the molecule is CC(N)C1CN(CCCOc2ccc(Cl)cc2)CCO1. The van der Waals surface area contributed by atoms with Crippen LogP contribution in [0.5, 0.6) is 5.75 Å². The van der Waals surface area contributed by atoms with Gasteiger partial charge in [-0.3, -0.25) is 4.90 Å². The predicted octanol–water partition coefficient (Wildman–Crippen LogP) is 2.16. The Morgan fingerprint density at radius 1 is 1.45 bits per heavy atom. The van der Waals surface area contributed by atoms with Crippen molar-refractivity contribution in [3.8, 4) is 5.75 Å². The molecule has 1 aromatic carbocycles. The van der Waals surface area contributed by atoms with Gasteiger partial charge in [0.15, 0.2) is 0 Å². The number of hydrogen-bond donors (Lipinski definition) is 1. The number of hydrogen-bond acceptors (Lipinski definition) is 4. The Hall–Kier alpha value is -0.810. The number of rotatable bonds is 6. The molecule has 0 spiro atoms. The van der Waals surface area contributed by atoms with Crippen molar-refractivity contribution >= 4 is 11.6 Å². The molecule has 5 heteroatoms. The van der Waals surface area contributed by atoms with Crippen LogP contribution >= 0.6 is 11.6 Å². The molecule has 1 aromatic rings. The molecular formula is C15H23ClN2O2. The standard InChI is InChI=1S/C15H23ClN2O2/c1-12(17)15-11-18(8-10-20-15)7-2-9-19-14-5-3-13(16)4-6-14/h3-6,12,15H,2,7-11,17H2,1H3. The van der Waals surface area contributed by atoms with Crippen LogP contribution in [0.1, 0.15) is 13.3 Å². The maximum Gasteiger partial charge on any atom is 0.119 e. The van der Waals surface area contributed by atoms with E-state index >= 15 is 0 Å². The van der Waals surface area contributed by atoms with Gasteiger partial charge in [0.05, 0.1) is 19.3 Å². The molecular weight excluding hydrogens is 276 g/mol. The minimum Gasteiger partial charge on any atom is -0.494 e. The first-order chi connectivity index (χ1) is 9.65. The van der Waals surface area contributed by atoms with Crippen molar-refractivity contribution in [2.45, 2.75) is 25.5 Å². The lowest BCUT2D eigenvalue weighted by Gasteiger charge is -2.34. The molecule has 4 nitrogen and oxygen atoms in total. The van der Waals surface area contributed by atoms with E-state index in [2.05, 4.69) is 4.90 Å². The normalized spacial score (nSPS) is 21.6. The van der Waals surface area contributed by atoms with Gasteiger partial charge in [0.1, 0.15) is 5.75 Å². The molecule has 0 radical (unpaired) electrons. The van der Waals surface area contributed by atoms with Gasteiger partial charge in [0, 0.05) is 30.7 Å². The summed E-state index contributed by atoms with van der Waals surface area (Å²) in [7, 11) is 0. The van der Waals surface area contributed by atoms with Gasteiger partial charge in [-0.2, -0.15) is 0 Å². The Bertz CT molecular complexity index is 397. The Morgan fingerprint density at radius 2 is 2.20 bits per heavy atom. The molecule has 2 atom stereocenters. The Labute approximate surface area is 125 Å². The number of benzene rings is 1. The topological polar surface area (TPSA) is 47.7 Å². The molecule has 1 aliphatic rings. The van der Waals surface area contributed by atoms with E-state index in [1.165, 1.54) is 0 Å². The van der Waals surface area contributed by atoms with Crippen molar-refractivity contribution in [1.29, 1.82) is 0 Å². The molecule has 2 unspecified atom stereocenters. The summed E-state index contributed by atoms with van der Waals surface area (Å²) in [5.74, 6) is 0.866. The average Bonchev–Trinajstić information content (AvgIpc) is 2.46. The molecule has 0 aromatic heterocycles. The molecule has 2 rings (SSSR count). The van der Waals surface area contributed by atoms with Gasteiger partial charge in [-0.15, -0.1) is 0 Å². The lowest BCUT2D eigenvalue weighted by atomic mass is 10.1. The third kappa shape index (κ3) is 4.94. The van der Waals surface area contributed by atoms with E-state index in [1.54, 1.807) is 0 Å². The Balaban J connectivity index is 1.64. The molecule has 1 saturated heterocycles. The first-order valence-corrected chi connectivity index (χ1v) is 7.51. The molecule has 2 N–H and O–H groups in total. The van der Waals surface area contributed by atoms with Crippen LogP contribution in [0.2, 0.25) is 5.02 Å². The molecule has 0 aliphatic carbocycles. The third-order valence-corrected chi connectivity index (χ3v) is 3.72. The summed E-state index contributed by atoms with van der Waals surface area (Å²) in [5.41, 5.74) is 5.89. The summed E-state index contributed by atoms with van der Waals surface area (Å²) in [6.45, 7) is 6.38. The van der Waals surface area contributed by atoms with Crippen LogP contribution in [0.15, 0.2) is 24.3 Å². The maximum absolute atomic E-state index is 5.89. The van der Waals surface area contributed by atoms with Gasteiger partial charge in [0.25, 0.3) is 0 Å². The highest BCUT2D eigenvalue weighted by Crippen LogP contribution is 2.15. The summed E-state index contributed by atoms with van der Waals surface area (Å²) in [5, 5.41) is 0.729. The monoisotopic (exact) mass is 298 g/mol. The van der Waals surface area contributed by atoms with E-state index in [9.17, 15) is 0 Å². The van der Waals surface area contributed by atoms with Gasteiger partial charge in [-0.1, -0.05) is 11.6 Å². The van der Waals surface area contributed by atoms with Crippen molar-refractivity contribution in [3.05, 3.63) is 29.3 Å². The fourth-order valence-corrected chi connectivity index (χ4v) is 2.39. The molecule has 1 fully saturated rings. The van der Waals surface area contributed by atoms with Crippen molar-refractivity contribution in [2.24, 2.45) is 5.73 Å². The molecule has 20 heavy (non-hydrogen) atoms. The first kappa shape index (κ1) is 15.6. The van der Waals surface area contributed by atoms with Gasteiger partial charge >= 0.3 is 0 Å². The van der Waals surface area contributed by atoms with Gasteiger partial charge in [0.2, 0.25) is 0 Å². The second-order valence-electron chi connectivity index (χ2n) is 5.22. The third-order valence-electron chi connectivity index (χ3n) is 3.47. The van der Waals surface area contributed by atoms with E-state index in [4.69, 9.17) is 26.8 Å². The minimum atomic E-state index is 0.0862.